The first-order chi connectivity index (χ1) is 12.6. The molecule has 4 heteroatoms. The molecule has 1 heterocycles. The number of benzene rings is 3. The summed E-state index contributed by atoms with van der Waals surface area (Å²) in [4.78, 5) is 15.0. The number of rotatable bonds is 3. The van der Waals surface area contributed by atoms with Gasteiger partial charge in [0.1, 0.15) is 17.0 Å². The van der Waals surface area contributed by atoms with E-state index in [-0.39, 0.29) is 17.4 Å². The molecule has 0 aromatic heterocycles. The van der Waals surface area contributed by atoms with Crippen LogP contribution in [0.15, 0.2) is 72.8 Å². The Labute approximate surface area is 152 Å². The number of phenolic OH excluding ortho intramolecular Hbond substituents is 2. The molecule has 0 fully saturated rings. The number of carbonyl (C=O) groups is 1. The van der Waals surface area contributed by atoms with E-state index in [0.717, 1.165) is 16.7 Å². The Morgan fingerprint density at radius 1 is 0.808 bits per heavy atom. The fourth-order valence-electron chi connectivity index (χ4n) is 4.00. The summed E-state index contributed by atoms with van der Waals surface area (Å²) in [6.45, 7) is 2.48. The summed E-state index contributed by atoms with van der Waals surface area (Å²) in [5, 5.41) is 19.5. The van der Waals surface area contributed by atoms with Gasteiger partial charge in [-0.05, 0) is 53.9 Å². The molecule has 1 aliphatic heterocycles. The van der Waals surface area contributed by atoms with Gasteiger partial charge in [-0.3, -0.25) is 4.79 Å². The van der Waals surface area contributed by atoms with Gasteiger partial charge >= 0.3 is 0 Å². The van der Waals surface area contributed by atoms with Crippen molar-refractivity contribution in [1.82, 2.24) is 4.90 Å². The van der Waals surface area contributed by atoms with E-state index in [9.17, 15) is 15.0 Å². The third kappa shape index (κ3) is 2.12. The fraction of sp³-hybridized carbons (Fsp3) is 0.136. The molecule has 1 aliphatic rings. The molecule has 0 saturated carbocycles. The SMILES string of the molecule is CCN1C(=O)c2ccccc2C1(c1ccc(O)cc1)c1ccc(O)cc1. The largest absolute Gasteiger partial charge is 0.508 e. The summed E-state index contributed by atoms with van der Waals surface area (Å²) in [6.07, 6.45) is 0. The molecule has 4 nitrogen and oxygen atoms in total. The minimum absolute atomic E-state index is 0.0238. The Morgan fingerprint density at radius 3 is 1.81 bits per heavy atom. The van der Waals surface area contributed by atoms with Gasteiger partial charge in [-0.15, -0.1) is 0 Å². The van der Waals surface area contributed by atoms with Crippen LogP contribution >= 0.6 is 0 Å². The third-order valence-corrected chi connectivity index (χ3v) is 5.08. The minimum atomic E-state index is -0.802. The summed E-state index contributed by atoms with van der Waals surface area (Å²) in [6, 6.07) is 21.6. The maximum atomic E-state index is 13.2. The van der Waals surface area contributed by atoms with Crippen molar-refractivity contribution in [2.75, 3.05) is 6.54 Å². The van der Waals surface area contributed by atoms with Crippen molar-refractivity contribution in [1.29, 1.82) is 0 Å². The van der Waals surface area contributed by atoms with Gasteiger partial charge in [0.05, 0.1) is 0 Å². The first kappa shape index (κ1) is 16.2. The lowest BCUT2D eigenvalue weighted by Gasteiger charge is -2.40. The second-order valence-electron chi connectivity index (χ2n) is 6.40. The molecule has 130 valence electrons. The Morgan fingerprint density at radius 2 is 1.31 bits per heavy atom. The molecule has 1 amide bonds. The number of hydrogen-bond donors (Lipinski definition) is 2. The van der Waals surface area contributed by atoms with Crippen molar-refractivity contribution in [3.8, 4) is 11.5 Å². The molecule has 0 atom stereocenters. The summed E-state index contributed by atoms with van der Waals surface area (Å²) < 4.78 is 0. The predicted octanol–water partition coefficient (Wildman–Crippen LogP) is 3.87. The quantitative estimate of drug-likeness (QED) is 0.758. The maximum Gasteiger partial charge on any atom is 0.255 e. The zero-order valence-electron chi connectivity index (χ0n) is 14.4. The van der Waals surface area contributed by atoms with Gasteiger partial charge in [-0.1, -0.05) is 42.5 Å². The van der Waals surface area contributed by atoms with Crippen LogP contribution in [0.1, 0.15) is 34.0 Å². The highest BCUT2D eigenvalue weighted by molar-refractivity contribution is 6.01. The van der Waals surface area contributed by atoms with E-state index in [1.165, 1.54) is 0 Å². The predicted molar refractivity (Wildman–Crippen MR) is 99.2 cm³/mol. The van der Waals surface area contributed by atoms with Crippen LogP contribution in [0, 0.1) is 0 Å². The highest BCUT2D eigenvalue weighted by Gasteiger charge is 2.51. The highest BCUT2D eigenvalue weighted by Crippen LogP contribution is 2.49. The first-order valence-electron chi connectivity index (χ1n) is 8.59. The fourth-order valence-corrected chi connectivity index (χ4v) is 4.00. The minimum Gasteiger partial charge on any atom is -0.508 e. The average molecular weight is 345 g/mol. The maximum absolute atomic E-state index is 13.2. The van der Waals surface area contributed by atoms with Gasteiger partial charge in [0.15, 0.2) is 0 Å². The molecule has 3 aromatic carbocycles. The molecule has 0 bridgehead atoms. The lowest BCUT2D eigenvalue weighted by atomic mass is 9.77. The zero-order valence-corrected chi connectivity index (χ0v) is 14.4. The van der Waals surface area contributed by atoms with Crippen molar-refractivity contribution < 1.29 is 15.0 Å². The van der Waals surface area contributed by atoms with E-state index in [1.807, 2.05) is 60.4 Å². The monoisotopic (exact) mass is 345 g/mol. The molecule has 3 aromatic rings. The lowest BCUT2D eigenvalue weighted by Crippen LogP contribution is -2.45. The lowest BCUT2D eigenvalue weighted by molar-refractivity contribution is 0.0690. The van der Waals surface area contributed by atoms with Gasteiger partial charge in [-0.25, -0.2) is 0 Å². The molecule has 0 radical (unpaired) electrons. The van der Waals surface area contributed by atoms with Gasteiger partial charge < -0.3 is 15.1 Å². The number of nitrogens with zero attached hydrogens (tertiary/aromatic N) is 1. The topological polar surface area (TPSA) is 60.8 Å². The van der Waals surface area contributed by atoms with Crippen molar-refractivity contribution in [2.45, 2.75) is 12.5 Å². The normalized spacial score (nSPS) is 15.1. The van der Waals surface area contributed by atoms with E-state index < -0.39 is 5.54 Å². The van der Waals surface area contributed by atoms with E-state index in [2.05, 4.69) is 0 Å². The van der Waals surface area contributed by atoms with Crippen molar-refractivity contribution in [2.24, 2.45) is 0 Å². The van der Waals surface area contributed by atoms with E-state index in [4.69, 9.17) is 0 Å². The van der Waals surface area contributed by atoms with Crippen LogP contribution in [-0.2, 0) is 5.54 Å². The number of fused-ring (bicyclic) bond motifs is 1. The molecular weight excluding hydrogens is 326 g/mol. The standard InChI is InChI=1S/C22H19NO3/c1-2-23-21(26)19-5-3-4-6-20(19)22(23,15-7-11-17(24)12-8-15)16-9-13-18(25)14-10-16/h3-14,24-25H,2H2,1H3. The van der Waals surface area contributed by atoms with Crippen LogP contribution in [0.25, 0.3) is 0 Å². The highest BCUT2D eigenvalue weighted by atomic mass is 16.3. The molecule has 0 unspecified atom stereocenters. The number of hydrogen-bond acceptors (Lipinski definition) is 3. The van der Waals surface area contributed by atoms with E-state index >= 15 is 0 Å². The van der Waals surface area contributed by atoms with Crippen LogP contribution in [0.2, 0.25) is 0 Å². The summed E-state index contributed by atoms with van der Waals surface area (Å²) in [5.41, 5.74) is 2.56. The molecule has 2 N–H and O–H groups in total. The molecule has 4 rings (SSSR count). The summed E-state index contributed by atoms with van der Waals surface area (Å²) in [7, 11) is 0. The van der Waals surface area contributed by atoms with Crippen LogP contribution in [0.3, 0.4) is 0 Å². The van der Waals surface area contributed by atoms with Gasteiger partial charge in [-0.2, -0.15) is 0 Å². The van der Waals surface area contributed by atoms with Gasteiger partial charge in [0, 0.05) is 12.1 Å². The van der Waals surface area contributed by atoms with Crippen LogP contribution in [0.4, 0.5) is 0 Å². The number of carbonyl (C=O) groups excluding carboxylic acids is 1. The van der Waals surface area contributed by atoms with Gasteiger partial charge in [0.25, 0.3) is 5.91 Å². The molecule has 26 heavy (non-hydrogen) atoms. The number of amides is 1. The van der Waals surface area contributed by atoms with E-state index in [1.54, 1.807) is 24.3 Å². The average Bonchev–Trinajstić information content (AvgIpc) is 2.92. The third-order valence-electron chi connectivity index (χ3n) is 5.08. The Bertz CT molecular complexity index is 916. The first-order valence-corrected chi connectivity index (χ1v) is 8.59. The van der Waals surface area contributed by atoms with Crippen LogP contribution in [-0.4, -0.2) is 27.6 Å². The van der Waals surface area contributed by atoms with Crippen molar-refractivity contribution >= 4 is 5.91 Å². The van der Waals surface area contributed by atoms with E-state index in [0.29, 0.717) is 12.1 Å². The zero-order chi connectivity index (χ0) is 18.3. The molecular formula is C22H19NO3. The van der Waals surface area contributed by atoms with Crippen molar-refractivity contribution in [3.05, 3.63) is 95.1 Å². The Hall–Kier alpha value is -3.27. The Kier molecular flexibility index (Phi) is 3.69. The molecule has 0 spiro atoms. The Balaban J connectivity index is 2.10. The second-order valence-corrected chi connectivity index (χ2v) is 6.40. The molecule has 0 saturated heterocycles. The van der Waals surface area contributed by atoms with Crippen LogP contribution < -0.4 is 0 Å². The van der Waals surface area contributed by atoms with Crippen molar-refractivity contribution in [3.63, 3.8) is 0 Å². The van der Waals surface area contributed by atoms with Crippen LogP contribution in [0.5, 0.6) is 11.5 Å². The summed E-state index contributed by atoms with van der Waals surface area (Å²) >= 11 is 0. The second kappa shape index (κ2) is 5.92. The summed E-state index contributed by atoms with van der Waals surface area (Å²) in [5.74, 6) is 0.328. The van der Waals surface area contributed by atoms with Gasteiger partial charge in [0.2, 0.25) is 0 Å². The smallest absolute Gasteiger partial charge is 0.255 e. The molecule has 0 aliphatic carbocycles. The number of phenols is 2. The number of aromatic hydroxyl groups is 2.